The van der Waals surface area contributed by atoms with Gasteiger partial charge in [-0.3, -0.25) is 4.79 Å². The third kappa shape index (κ3) is 7.05. The second kappa shape index (κ2) is 13.0. The van der Waals surface area contributed by atoms with Crippen molar-refractivity contribution < 1.29 is 19.0 Å². The molecule has 2 N–H and O–H groups in total. The molecule has 8 heteroatoms. The highest BCUT2D eigenvalue weighted by molar-refractivity contribution is 5.92. The third-order valence-corrected chi connectivity index (χ3v) is 8.25. The summed E-state index contributed by atoms with van der Waals surface area (Å²) >= 11 is 0. The number of hydrogen-bond donors (Lipinski definition) is 1. The maximum Gasteiger partial charge on any atom is 0.331 e. The molecule has 0 radical (unpaired) electrons. The minimum atomic E-state index is -0.517. The Labute approximate surface area is 246 Å². The van der Waals surface area contributed by atoms with Gasteiger partial charge in [0.05, 0.1) is 0 Å². The number of amides is 1. The average molecular weight is 565 g/mol. The van der Waals surface area contributed by atoms with Crippen LogP contribution in [0.5, 0.6) is 35.3 Å². The SMILES string of the molecule is NC(=O)c1ccc(Oc2nc(Oc3ccc(C4CCCCC4)cc3)nc(Oc3ccc(C4CCCCC4)cc3)n2)cc1. The minimum absolute atomic E-state index is 0.000485. The second-order valence-electron chi connectivity index (χ2n) is 11.2. The largest absolute Gasteiger partial charge is 0.424 e. The molecule has 216 valence electrons. The van der Waals surface area contributed by atoms with Gasteiger partial charge in [0.15, 0.2) is 0 Å². The Kier molecular flexibility index (Phi) is 8.59. The first kappa shape index (κ1) is 27.7. The fraction of sp³-hybridized carbons (Fsp3) is 0.353. The van der Waals surface area contributed by atoms with E-state index in [1.54, 1.807) is 24.3 Å². The number of ether oxygens (including phenoxy) is 3. The predicted molar refractivity (Wildman–Crippen MR) is 160 cm³/mol. The van der Waals surface area contributed by atoms with Gasteiger partial charge in [-0.15, -0.1) is 15.0 Å². The number of carbonyl (C=O) groups is 1. The molecule has 1 amide bonds. The highest BCUT2D eigenvalue weighted by Gasteiger charge is 2.18. The molecule has 3 aromatic carbocycles. The Morgan fingerprint density at radius 1 is 0.524 bits per heavy atom. The molecule has 0 bridgehead atoms. The van der Waals surface area contributed by atoms with Crippen molar-refractivity contribution in [2.45, 2.75) is 76.0 Å². The lowest BCUT2D eigenvalue weighted by molar-refractivity contribution is 0.1000. The van der Waals surface area contributed by atoms with Crippen LogP contribution in [-0.2, 0) is 0 Å². The van der Waals surface area contributed by atoms with E-state index in [0.717, 1.165) is 0 Å². The topological polar surface area (TPSA) is 109 Å². The molecule has 1 aromatic heterocycles. The molecule has 2 fully saturated rings. The molecule has 0 spiro atoms. The zero-order valence-corrected chi connectivity index (χ0v) is 23.7. The molecule has 0 unspecified atom stereocenters. The van der Waals surface area contributed by atoms with Gasteiger partial charge in [-0.2, -0.15) is 0 Å². The molecule has 6 rings (SSSR count). The van der Waals surface area contributed by atoms with E-state index in [4.69, 9.17) is 19.9 Å². The molecular weight excluding hydrogens is 528 g/mol. The van der Waals surface area contributed by atoms with Crippen LogP contribution in [0.2, 0.25) is 0 Å². The summed E-state index contributed by atoms with van der Waals surface area (Å²) < 4.78 is 18.0. The Bertz CT molecular complexity index is 1400. The Hall–Kier alpha value is -4.46. The third-order valence-electron chi connectivity index (χ3n) is 8.25. The monoisotopic (exact) mass is 564 g/mol. The second-order valence-corrected chi connectivity index (χ2v) is 11.2. The van der Waals surface area contributed by atoms with Crippen molar-refractivity contribution in [2.24, 2.45) is 5.73 Å². The Morgan fingerprint density at radius 3 is 1.19 bits per heavy atom. The average Bonchev–Trinajstić information content (AvgIpc) is 3.03. The van der Waals surface area contributed by atoms with Crippen LogP contribution < -0.4 is 19.9 Å². The van der Waals surface area contributed by atoms with Gasteiger partial charge in [0, 0.05) is 5.56 Å². The summed E-state index contributed by atoms with van der Waals surface area (Å²) in [5.74, 6) is 2.35. The summed E-state index contributed by atoms with van der Waals surface area (Å²) in [6.45, 7) is 0. The molecule has 4 aromatic rings. The number of primary amides is 1. The maximum atomic E-state index is 11.4. The molecule has 0 atom stereocenters. The summed E-state index contributed by atoms with van der Waals surface area (Å²) in [5, 5.41) is 0. The number of nitrogens with zero attached hydrogens (tertiary/aromatic N) is 3. The van der Waals surface area contributed by atoms with Gasteiger partial charge >= 0.3 is 18.0 Å². The number of benzene rings is 3. The van der Waals surface area contributed by atoms with Crippen LogP contribution in [0, 0.1) is 0 Å². The van der Waals surface area contributed by atoms with Crippen LogP contribution in [-0.4, -0.2) is 20.9 Å². The van der Waals surface area contributed by atoms with Crippen molar-refractivity contribution in [1.82, 2.24) is 15.0 Å². The highest BCUT2D eigenvalue weighted by atomic mass is 16.5. The summed E-state index contributed by atoms with van der Waals surface area (Å²) in [5.41, 5.74) is 8.40. The first-order valence-electron chi connectivity index (χ1n) is 15.0. The first-order chi connectivity index (χ1) is 20.6. The van der Waals surface area contributed by atoms with Gasteiger partial charge in [-0.1, -0.05) is 62.8 Å². The normalized spacial score (nSPS) is 16.1. The number of nitrogens with two attached hydrogens (primary N) is 1. The van der Waals surface area contributed by atoms with Gasteiger partial charge in [0.25, 0.3) is 0 Å². The summed E-state index contributed by atoms with van der Waals surface area (Å²) in [6.07, 6.45) is 12.7. The molecule has 42 heavy (non-hydrogen) atoms. The van der Waals surface area contributed by atoms with E-state index in [1.807, 2.05) is 24.3 Å². The van der Waals surface area contributed by atoms with E-state index >= 15 is 0 Å². The van der Waals surface area contributed by atoms with E-state index in [-0.39, 0.29) is 18.0 Å². The fourth-order valence-electron chi connectivity index (χ4n) is 5.95. The Balaban J connectivity index is 1.22. The standard InChI is InChI=1S/C34H36N4O4/c35-31(39)27-15-21-30(22-16-27)42-34-37-32(40-28-17-11-25(12-18-28)23-7-3-1-4-8-23)36-33(38-34)41-29-19-13-26(14-20-29)24-9-5-2-6-10-24/h11-24H,1-10H2,(H2,35,39). The summed E-state index contributed by atoms with van der Waals surface area (Å²) in [7, 11) is 0. The molecular formula is C34H36N4O4. The van der Waals surface area contributed by atoms with Crippen molar-refractivity contribution >= 4 is 5.91 Å². The highest BCUT2D eigenvalue weighted by Crippen LogP contribution is 2.35. The van der Waals surface area contributed by atoms with E-state index in [9.17, 15) is 4.79 Å². The van der Waals surface area contributed by atoms with Crippen LogP contribution >= 0.6 is 0 Å². The van der Waals surface area contributed by atoms with Gasteiger partial charge in [0.1, 0.15) is 17.2 Å². The van der Waals surface area contributed by atoms with Crippen molar-refractivity contribution in [3.8, 4) is 35.3 Å². The van der Waals surface area contributed by atoms with Crippen LogP contribution in [0.3, 0.4) is 0 Å². The summed E-state index contributed by atoms with van der Waals surface area (Å²) in [6, 6.07) is 22.8. The van der Waals surface area contributed by atoms with Crippen molar-refractivity contribution in [3.63, 3.8) is 0 Å². The van der Waals surface area contributed by atoms with E-state index in [1.165, 1.54) is 75.3 Å². The lowest BCUT2D eigenvalue weighted by atomic mass is 9.84. The van der Waals surface area contributed by atoms with Gasteiger partial charge in [-0.25, -0.2) is 0 Å². The Morgan fingerprint density at radius 2 is 0.857 bits per heavy atom. The van der Waals surface area contributed by atoms with Crippen LogP contribution in [0.1, 0.15) is 97.5 Å². The van der Waals surface area contributed by atoms with E-state index in [0.29, 0.717) is 34.6 Å². The number of aromatic nitrogens is 3. The molecule has 8 nitrogen and oxygen atoms in total. The predicted octanol–water partition coefficient (Wildman–Crippen LogP) is 8.44. The molecule has 2 aliphatic carbocycles. The van der Waals surface area contributed by atoms with Crippen molar-refractivity contribution in [3.05, 3.63) is 89.5 Å². The lowest BCUT2D eigenvalue weighted by Crippen LogP contribution is -2.10. The first-order valence-corrected chi connectivity index (χ1v) is 15.0. The fourth-order valence-corrected chi connectivity index (χ4v) is 5.95. The molecule has 2 aliphatic rings. The molecule has 0 aliphatic heterocycles. The van der Waals surface area contributed by atoms with Crippen LogP contribution in [0.25, 0.3) is 0 Å². The minimum Gasteiger partial charge on any atom is -0.424 e. The van der Waals surface area contributed by atoms with E-state index in [2.05, 4.69) is 39.2 Å². The molecule has 1 heterocycles. The van der Waals surface area contributed by atoms with E-state index < -0.39 is 5.91 Å². The van der Waals surface area contributed by atoms with Gasteiger partial charge < -0.3 is 19.9 Å². The number of rotatable bonds is 9. The number of carbonyl (C=O) groups excluding carboxylic acids is 1. The molecule has 2 saturated carbocycles. The van der Waals surface area contributed by atoms with Gasteiger partial charge in [-0.05, 0) is 97.2 Å². The van der Waals surface area contributed by atoms with Crippen molar-refractivity contribution in [2.75, 3.05) is 0 Å². The zero-order valence-electron chi connectivity index (χ0n) is 23.7. The quantitative estimate of drug-likeness (QED) is 0.217. The van der Waals surface area contributed by atoms with Crippen LogP contribution in [0.15, 0.2) is 72.8 Å². The number of hydrogen-bond acceptors (Lipinski definition) is 7. The lowest BCUT2D eigenvalue weighted by Gasteiger charge is -2.22. The summed E-state index contributed by atoms with van der Waals surface area (Å²) in [4.78, 5) is 24.6. The smallest absolute Gasteiger partial charge is 0.331 e. The van der Waals surface area contributed by atoms with Crippen LogP contribution in [0.4, 0.5) is 0 Å². The zero-order chi connectivity index (χ0) is 28.7. The van der Waals surface area contributed by atoms with Crippen molar-refractivity contribution in [1.29, 1.82) is 0 Å². The van der Waals surface area contributed by atoms with Gasteiger partial charge in [0.2, 0.25) is 5.91 Å². The molecule has 0 saturated heterocycles. The maximum absolute atomic E-state index is 11.4.